The largest absolute Gasteiger partial charge is 0.477 e. The quantitative estimate of drug-likeness (QED) is 0.850. The van der Waals surface area contributed by atoms with Crippen molar-refractivity contribution in [2.24, 2.45) is 0 Å². The van der Waals surface area contributed by atoms with E-state index >= 15 is 0 Å². The van der Waals surface area contributed by atoms with Crippen LogP contribution in [-0.4, -0.2) is 27.1 Å². The van der Waals surface area contributed by atoms with Crippen LogP contribution < -0.4 is 5.73 Å². The van der Waals surface area contributed by atoms with Crippen molar-refractivity contribution in [3.05, 3.63) is 33.8 Å². The van der Waals surface area contributed by atoms with Gasteiger partial charge in [-0.25, -0.2) is 9.48 Å². The van der Waals surface area contributed by atoms with E-state index in [1.54, 1.807) is 24.5 Å². The first kappa shape index (κ1) is 14.0. The molecule has 0 amide bonds. The molecule has 100 valence electrons. The Bertz CT molecular complexity index is 658. The lowest BCUT2D eigenvalue weighted by Gasteiger charge is -2.06. The average molecular weight is 318 g/mol. The summed E-state index contributed by atoms with van der Waals surface area (Å²) in [4.78, 5) is 11.2. The van der Waals surface area contributed by atoms with Crippen LogP contribution in [0.5, 0.6) is 0 Å². The van der Waals surface area contributed by atoms with Gasteiger partial charge in [0.15, 0.2) is 0 Å². The Morgan fingerprint density at radius 2 is 2.16 bits per heavy atom. The van der Waals surface area contributed by atoms with Crippen LogP contribution in [0.4, 0.5) is 5.82 Å². The van der Waals surface area contributed by atoms with Crippen LogP contribution in [0.2, 0.25) is 10.0 Å². The number of nitrogens with zero attached hydrogens (tertiary/aromatic N) is 2. The summed E-state index contributed by atoms with van der Waals surface area (Å²) in [5, 5.41) is 14.5. The maximum Gasteiger partial charge on any atom is 0.342 e. The van der Waals surface area contributed by atoms with Crippen molar-refractivity contribution in [1.82, 2.24) is 9.78 Å². The molecule has 1 aromatic heterocycles. The Hall–Kier alpha value is -1.37. The molecule has 19 heavy (non-hydrogen) atoms. The third kappa shape index (κ3) is 2.51. The molecule has 0 atom stereocenters. The lowest BCUT2D eigenvalue weighted by molar-refractivity contribution is 0.0694. The fraction of sp³-hybridized carbons (Fsp3) is 0.0909. The number of nitrogens with two attached hydrogens (primary N) is 1. The van der Waals surface area contributed by atoms with E-state index in [4.69, 9.17) is 34.0 Å². The number of aromatic carboxylic acids is 1. The lowest BCUT2D eigenvalue weighted by atomic mass is 10.3. The minimum absolute atomic E-state index is 0.0288. The van der Waals surface area contributed by atoms with Crippen molar-refractivity contribution in [3.8, 4) is 5.69 Å². The van der Waals surface area contributed by atoms with Crippen molar-refractivity contribution < 1.29 is 9.90 Å². The monoisotopic (exact) mass is 317 g/mol. The summed E-state index contributed by atoms with van der Waals surface area (Å²) in [6, 6.07) is 4.80. The summed E-state index contributed by atoms with van der Waals surface area (Å²) < 4.78 is 1.30. The van der Waals surface area contributed by atoms with Gasteiger partial charge in [0, 0.05) is 5.02 Å². The SMILES string of the molecule is CSc1nn(-c2ccc(Cl)cc2Cl)c(N)c1C(=O)O. The predicted molar refractivity (Wildman–Crippen MR) is 76.7 cm³/mol. The Morgan fingerprint density at radius 3 is 2.63 bits per heavy atom. The number of hydrogen-bond acceptors (Lipinski definition) is 4. The van der Waals surface area contributed by atoms with Gasteiger partial charge in [-0.1, -0.05) is 23.2 Å². The minimum Gasteiger partial charge on any atom is -0.477 e. The fourth-order valence-corrected chi connectivity index (χ4v) is 2.64. The first-order chi connectivity index (χ1) is 8.95. The first-order valence-corrected chi connectivity index (χ1v) is 7.05. The van der Waals surface area contributed by atoms with E-state index in [2.05, 4.69) is 5.10 Å². The first-order valence-electron chi connectivity index (χ1n) is 5.07. The molecule has 3 N–H and O–H groups in total. The van der Waals surface area contributed by atoms with E-state index in [1.165, 1.54) is 16.4 Å². The van der Waals surface area contributed by atoms with E-state index in [0.717, 1.165) is 0 Å². The van der Waals surface area contributed by atoms with Crippen molar-refractivity contribution in [3.63, 3.8) is 0 Å². The van der Waals surface area contributed by atoms with Crippen LogP contribution in [0.1, 0.15) is 10.4 Å². The number of carboxylic acids is 1. The second-order valence-electron chi connectivity index (χ2n) is 3.58. The zero-order valence-corrected chi connectivity index (χ0v) is 12.1. The van der Waals surface area contributed by atoms with Gasteiger partial charge in [0.2, 0.25) is 0 Å². The highest BCUT2D eigenvalue weighted by atomic mass is 35.5. The number of halogens is 2. The Morgan fingerprint density at radius 1 is 1.47 bits per heavy atom. The molecular formula is C11H9Cl2N3O2S. The number of thioether (sulfide) groups is 1. The zero-order chi connectivity index (χ0) is 14.2. The van der Waals surface area contributed by atoms with Gasteiger partial charge in [-0.2, -0.15) is 5.10 Å². The molecule has 0 aliphatic carbocycles. The van der Waals surface area contributed by atoms with Crippen molar-refractivity contribution in [1.29, 1.82) is 0 Å². The standard InChI is InChI=1S/C11H9Cl2N3O2S/c1-19-10-8(11(17)18)9(14)16(15-10)7-3-2-5(12)4-6(7)13/h2-4H,14H2,1H3,(H,17,18). The van der Waals surface area contributed by atoms with Crippen LogP contribution in [0, 0.1) is 0 Å². The topological polar surface area (TPSA) is 81.1 Å². The number of hydrogen-bond donors (Lipinski definition) is 2. The average Bonchev–Trinajstić information content (AvgIpc) is 2.66. The van der Waals surface area contributed by atoms with Gasteiger partial charge in [-0.3, -0.25) is 0 Å². The number of benzene rings is 1. The summed E-state index contributed by atoms with van der Waals surface area (Å²) in [5.41, 5.74) is 6.28. The second-order valence-corrected chi connectivity index (χ2v) is 5.22. The molecule has 5 nitrogen and oxygen atoms in total. The van der Waals surface area contributed by atoms with Gasteiger partial charge in [0.1, 0.15) is 16.4 Å². The highest BCUT2D eigenvalue weighted by Gasteiger charge is 2.22. The molecule has 0 saturated heterocycles. The third-order valence-electron chi connectivity index (χ3n) is 2.43. The Kier molecular flexibility index (Phi) is 3.93. The molecule has 2 rings (SSSR count). The van der Waals surface area contributed by atoms with Gasteiger partial charge in [0.25, 0.3) is 0 Å². The lowest BCUT2D eigenvalue weighted by Crippen LogP contribution is -2.06. The molecule has 1 aromatic carbocycles. The van der Waals surface area contributed by atoms with Crippen molar-refractivity contribution in [2.75, 3.05) is 12.0 Å². The second kappa shape index (κ2) is 5.32. The zero-order valence-electron chi connectivity index (χ0n) is 9.72. The van der Waals surface area contributed by atoms with Crippen LogP contribution in [0.15, 0.2) is 23.2 Å². The molecule has 0 radical (unpaired) electrons. The third-order valence-corrected chi connectivity index (χ3v) is 3.64. The number of aromatic nitrogens is 2. The number of carbonyl (C=O) groups is 1. The summed E-state index contributed by atoms with van der Waals surface area (Å²) in [5.74, 6) is -1.10. The molecule has 0 bridgehead atoms. The molecule has 0 saturated carbocycles. The van der Waals surface area contributed by atoms with Crippen molar-refractivity contribution in [2.45, 2.75) is 5.03 Å². The predicted octanol–water partition coefficient (Wildman–Crippen LogP) is 3.18. The van der Waals surface area contributed by atoms with E-state index in [-0.39, 0.29) is 11.4 Å². The number of nitrogen functional groups attached to an aromatic ring is 1. The van der Waals surface area contributed by atoms with Crippen molar-refractivity contribution >= 4 is 46.8 Å². The normalized spacial score (nSPS) is 10.7. The highest BCUT2D eigenvalue weighted by Crippen LogP contribution is 2.31. The number of carboxylic acid groups (broad SMARTS) is 1. The van der Waals surface area contributed by atoms with E-state index in [9.17, 15) is 4.79 Å². The highest BCUT2D eigenvalue weighted by molar-refractivity contribution is 7.98. The summed E-state index contributed by atoms with van der Waals surface area (Å²) >= 11 is 13.1. The molecule has 0 unspecified atom stereocenters. The van der Waals surface area contributed by atoms with Gasteiger partial charge in [0.05, 0.1) is 10.7 Å². The van der Waals surface area contributed by atoms with Gasteiger partial charge >= 0.3 is 5.97 Å². The van der Waals surface area contributed by atoms with Gasteiger partial charge in [-0.05, 0) is 24.5 Å². The number of rotatable bonds is 3. The maximum absolute atomic E-state index is 11.2. The Balaban J connectivity index is 2.66. The smallest absolute Gasteiger partial charge is 0.342 e. The maximum atomic E-state index is 11.2. The molecule has 0 fully saturated rings. The van der Waals surface area contributed by atoms with E-state index in [1.807, 2.05) is 0 Å². The van der Waals surface area contributed by atoms with Crippen LogP contribution in [0.25, 0.3) is 5.69 Å². The van der Waals surface area contributed by atoms with Crippen LogP contribution in [-0.2, 0) is 0 Å². The van der Waals surface area contributed by atoms with Gasteiger partial charge < -0.3 is 10.8 Å². The Labute approximate surface area is 123 Å². The molecule has 0 aliphatic heterocycles. The summed E-state index contributed by atoms with van der Waals surface area (Å²) in [6.07, 6.45) is 1.72. The molecule has 8 heteroatoms. The molecular weight excluding hydrogens is 309 g/mol. The summed E-state index contributed by atoms with van der Waals surface area (Å²) in [6.45, 7) is 0. The number of anilines is 1. The molecule has 1 heterocycles. The van der Waals surface area contributed by atoms with E-state index in [0.29, 0.717) is 20.8 Å². The molecule has 2 aromatic rings. The summed E-state index contributed by atoms with van der Waals surface area (Å²) in [7, 11) is 0. The van der Waals surface area contributed by atoms with Crippen LogP contribution >= 0.6 is 35.0 Å². The fourth-order valence-electron chi connectivity index (χ4n) is 1.59. The van der Waals surface area contributed by atoms with E-state index < -0.39 is 5.97 Å². The van der Waals surface area contributed by atoms with Gasteiger partial charge in [-0.15, -0.1) is 11.8 Å². The minimum atomic E-state index is -1.13. The molecule has 0 spiro atoms. The van der Waals surface area contributed by atoms with Crippen LogP contribution in [0.3, 0.4) is 0 Å². The molecule has 0 aliphatic rings.